The standard InChI is InChI=1S/C14H20F3N/c1-3-11-10(2)6-4-7-12(11)13(8-5-9-18)14(15,16)17/h4,6-7,13H,3,5,8-9,18H2,1-2H3. The maximum atomic E-state index is 13.1. The molecule has 1 aromatic carbocycles. The van der Waals surface area contributed by atoms with Crippen molar-refractivity contribution >= 4 is 0 Å². The quantitative estimate of drug-likeness (QED) is 0.851. The van der Waals surface area contributed by atoms with Crippen LogP contribution in [0.4, 0.5) is 13.2 Å². The van der Waals surface area contributed by atoms with Crippen LogP contribution < -0.4 is 5.73 Å². The van der Waals surface area contributed by atoms with E-state index >= 15 is 0 Å². The molecule has 0 aliphatic heterocycles. The number of hydrogen-bond acceptors (Lipinski definition) is 1. The second kappa shape index (κ2) is 6.23. The Morgan fingerprint density at radius 1 is 1.28 bits per heavy atom. The largest absolute Gasteiger partial charge is 0.395 e. The van der Waals surface area contributed by atoms with Crippen LogP contribution in [0.5, 0.6) is 0 Å². The van der Waals surface area contributed by atoms with E-state index in [1.807, 2.05) is 19.9 Å². The van der Waals surface area contributed by atoms with Gasteiger partial charge in [0, 0.05) is 0 Å². The Labute approximate surface area is 106 Å². The minimum atomic E-state index is -4.20. The van der Waals surface area contributed by atoms with Gasteiger partial charge in [-0.1, -0.05) is 25.1 Å². The predicted octanol–water partition coefficient (Wildman–Crippen LogP) is 3.94. The molecule has 1 unspecified atom stereocenters. The highest BCUT2D eigenvalue weighted by atomic mass is 19.4. The fraction of sp³-hybridized carbons (Fsp3) is 0.571. The molecular formula is C14H20F3N. The minimum absolute atomic E-state index is 0.0659. The summed E-state index contributed by atoms with van der Waals surface area (Å²) < 4.78 is 39.4. The van der Waals surface area contributed by atoms with E-state index in [2.05, 4.69) is 0 Å². The highest BCUT2D eigenvalue weighted by Gasteiger charge is 2.40. The third-order valence-electron chi connectivity index (χ3n) is 3.27. The van der Waals surface area contributed by atoms with Crippen molar-refractivity contribution in [1.29, 1.82) is 0 Å². The van der Waals surface area contributed by atoms with Gasteiger partial charge in [0.2, 0.25) is 0 Å². The zero-order valence-corrected chi connectivity index (χ0v) is 10.8. The number of nitrogens with two attached hydrogens (primary N) is 1. The molecular weight excluding hydrogens is 239 g/mol. The zero-order chi connectivity index (χ0) is 13.8. The van der Waals surface area contributed by atoms with Crippen molar-refractivity contribution in [3.8, 4) is 0 Å². The fourth-order valence-electron chi connectivity index (χ4n) is 2.35. The van der Waals surface area contributed by atoms with Gasteiger partial charge in [0.25, 0.3) is 0 Å². The number of aryl methyl sites for hydroxylation is 1. The topological polar surface area (TPSA) is 26.0 Å². The second-order valence-electron chi connectivity index (χ2n) is 4.52. The molecule has 18 heavy (non-hydrogen) atoms. The summed E-state index contributed by atoms with van der Waals surface area (Å²) in [6, 6.07) is 5.16. The van der Waals surface area contributed by atoms with E-state index < -0.39 is 12.1 Å². The van der Waals surface area contributed by atoms with E-state index in [4.69, 9.17) is 5.73 Å². The molecule has 0 radical (unpaired) electrons. The molecule has 4 heteroatoms. The Morgan fingerprint density at radius 3 is 2.44 bits per heavy atom. The van der Waals surface area contributed by atoms with Crippen molar-refractivity contribution in [3.05, 3.63) is 34.9 Å². The molecule has 0 aromatic heterocycles. The molecule has 1 nitrogen and oxygen atoms in total. The van der Waals surface area contributed by atoms with Gasteiger partial charge in [-0.2, -0.15) is 13.2 Å². The summed E-state index contributed by atoms with van der Waals surface area (Å²) in [5.74, 6) is -1.39. The first-order valence-electron chi connectivity index (χ1n) is 6.27. The summed E-state index contributed by atoms with van der Waals surface area (Å²) in [5.41, 5.74) is 7.49. The maximum absolute atomic E-state index is 13.1. The van der Waals surface area contributed by atoms with Crippen LogP contribution >= 0.6 is 0 Å². The highest BCUT2D eigenvalue weighted by molar-refractivity contribution is 5.37. The van der Waals surface area contributed by atoms with E-state index in [9.17, 15) is 13.2 Å². The van der Waals surface area contributed by atoms with Crippen molar-refractivity contribution in [2.24, 2.45) is 5.73 Å². The smallest absolute Gasteiger partial charge is 0.330 e. The van der Waals surface area contributed by atoms with Gasteiger partial charge in [0.1, 0.15) is 0 Å². The summed E-state index contributed by atoms with van der Waals surface area (Å²) in [6.07, 6.45) is -3.12. The Morgan fingerprint density at radius 2 is 1.94 bits per heavy atom. The van der Waals surface area contributed by atoms with Gasteiger partial charge in [-0.15, -0.1) is 0 Å². The summed E-state index contributed by atoms with van der Waals surface area (Å²) in [4.78, 5) is 0. The number of rotatable bonds is 5. The minimum Gasteiger partial charge on any atom is -0.330 e. The van der Waals surface area contributed by atoms with Crippen molar-refractivity contribution in [3.63, 3.8) is 0 Å². The van der Waals surface area contributed by atoms with Gasteiger partial charge in [-0.25, -0.2) is 0 Å². The van der Waals surface area contributed by atoms with E-state index in [0.717, 1.165) is 11.1 Å². The SMILES string of the molecule is CCc1c(C)cccc1C(CCCN)C(F)(F)F. The predicted molar refractivity (Wildman–Crippen MR) is 67.6 cm³/mol. The lowest BCUT2D eigenvalue weighted by atomic mass is 9.87. The molecule has 102 valence electrons. The molecule has 0 aliphatic rings. The average molecular weight is 259 g/mol. The van der Waals surface area contributed by atoms with Gasteiger partial charge in [-0.3, -0.25) is 0 Å². The molecule has 0 spiro atoms. The number of halogens is 3. The van der Waals surface area contributed by atoms with Gasteiger partial charge in [0.15, 0.2) is 0 Å². The average Bonchev–Trinajstić information content (AvgIpc) is 2.28. The molecule has 0 fully saturated rings. The van der Waals surface area contributed by atoms with Crippen LogP contribution in [-0.2, 0) is 6.42 Å². The van der Waals surface area contributed by atoms with Crippen molar-refractivity contribution in [2.45, 2.75) is 45.2 Å². The molecule has 1 aromatic rings. The zero-order valence-electron chi connectivity index (χ0n) is 10.8. The summed E-state index contributed by atoms with van der Waals surface area (Å²) in [5, 5.41) is 0. The highest BCUT2D eigenvalue weighted by Crippen LogP contribution is 2.40. The van der Waals surface area contributed by atoms with Crippen molar-refractivity contribution < 1.29 is 13.2 Å². The van der Waals surface area contributed by atoms with Crippen molar-refractivity contribution in [1.82, 2.24) is 0 Å². The molecule has 0 heterocycles. The van der Waals surface area contributed by atoms with Crippen LogP contribution in [0.3, 0.4) is 0 Å². The molecule has 0 aliphatic carbocycles. The van der Waals surface area contributed by atoms with E-state index in [-0.39, 0.29) is 6.42 Å². The lowest BCUT2D eigenvalue weighted by Crippen LogP contribution is -2.23. The molecule has 2 N–H and O–H groups in total. The monoisotopic (exact) mass is 259 g/mol. The molecule has 1 atom stereocenters. The van der Waals surface area contributed by atoms with Crippen LogP contribution in [-0.4, -0.2) is 12.7 Å². The molecule has 0 amide bonds. The number of benzene rings is 1. The van der Waals surface area contributed by atoms with Crippen LogP contribution in [0.15, 0.2) is 18.2 Å². The Kier molecular flexibility index (Phi) is 5.20. The third kappa shape index (κ3) is 3.48. The third-order valence-corrected chi connectivity index (χ3v) is 3.27. The molecule has 1 rings (SSSR count). The van der Waals surface area contributed by atoms with E-state index in [0.29, 0.717) is 24.9 Å². The van der Waals surface area contributed by atoms with Crippen LogP contribution in [0.1, 0.15) is 42.4 Å². The van der Waals surface area contributed by atoms with Gasteiger partial charge < -0.3 is 5.73 Å². The number of hydrogen-bond donors (Lipinski definition) is 1. The first-order valence-corrected chi connectivity index (χ1v) is 6.27. The van der Waals surface area contributed by atoms with Crippen LogP contribution in [0.25, 0.3) is 0 Å². The second-order valence-corrected chi connectivity index (χ2v) is 4.52. The molecule has 0 bridgehead atoms. The lowest BCUT2D eigenvalue weighted by molar-refractivity contribution is -0.152. The van der Waals surface area contributed by atoms with Gasteiger partial charge in [-0.05, 0) is 49.4 Å². The van der Waals surface area contributed by atoms with Crippen LogP contribution in [0.2, 0.25) is 0 Å². The first-order chi connectivity index (χ1) is 8.41. The summed E-state index contributed by atoms with van der Waals surface area (Å²) in [6.45, 7) is 4.04. The lowest BCUT2D eigenvalue weighted by Gasteiger charge is -2.24. The summed E-state index contributed by atoms with van der Waals surface area (Å²) >= 11 is 0. The van der Waals surface area contributed by atoms with Crippen molar-refractivity contribution in [2.75, 3.05) is 6.54 Å². The normalized spacial score (nSPS) is 13.7. The maximum Gasteiger partial charge on any atom is 0.395 e. The van der Waals surface area contributed by atoms with Crippen LogP contribution in [0, 0.1) is 6.92 Å². The number of alkyl halides is 3. The first kappa shape index (κ1) is 15.0. The Balaban J connectivity index is 3.16. The van der Waals surface area contributed by atoms with Gasteiger partial charge >= 0.3 is 6.18 Å². The van der Waals surface area contributed by atoms with Gasteiger partial charge in [0.05, 0.1) is 5.92 Å². The molecule has 0 saturated carbocycles. The van der Waals surface area contributed by atoms with E-state index in [1.54, 1.807) is 12.1 Å². The fourth-order valence-corrected chi connectivity index (χ4v) is 2.35. The summed E-state index contributed by atoms with van der Waals surface area (Å²) in [7, 11) is 0. The molecule has 0 saturated heterocycles. The Hall–Kier alpha value is -1.03. The Bertz CT molecular complexity index is 385. The van der Waals surface area contributed by atoms with E-state index in [1.165, 1.54) is 0 Å².